The van der Waals surface area contributed by atoms with Crippen molar-refractivity contribution >= 4 is 23.4 Å². The van der Waals surface area contributed by atoms with Crippen molar-refractivity contribution in [3.8, 4) is 0 Å². The molecule has 0 spiro atoms. The standard InChI is InChI=1S/C12H14N4O3S/c1-3-16-11(18)14-15-12(16)20-9-5-4-7(6-8(9)13)10(17)19-2/h4-6H,3,13H2,1-2H3,(H,14,18). The average Bonchev–Trinajstić information content (AvgIpc) is 2.80. The van der Waals surface area contributed by atoms with Crippen molar-refractivity contribution in [3.05, 3.63) is 34.2 Å². The van der Waals surface area contributed by atoms with Gasteiger partial charge in [0, 0.05) is 17.1 Å². The van der Waals surface area contributed by atoms with Gasteiger partial charge >= 0.3 is 11.7 Å². The van der Waals surface area contributed by atoms with Crippen molar-refractivity contribution in [2.75, 3.05) is 12.8 Å². The molecule has 0 saturated heterocycles. The molecule has 0 saturated carbocycles. The van der Waals surface area contributed by atoms with Crippen LogP contribution in [0.1, 0.15) is 17.3 Å². The summed E-state index contributed by atoms with van der Waals surface area (Å²) in [5.41, 5.74) is 6.45. The number of nitrogens with one attached hydrogen (secondary N) is 1. The molecule has 0 unspecified atom stereocenters. The summed E-state index contributed by atoms with van der Waals surface area (Å²) in [5, 5.41) is 6.85. The molecular weight excluding hydrogens is 280 g/mol. The van der Waals surface area contributed by atoms with Crippen molar-refractivity contribution in [2.45, 2.75) is 23.5 Å². The van der Waals surface area contributed by atoms with E-state index in [2.05, 4.69) is 14.9 Å². The summed E-state index contributed by atoms with van der Waals surface area (Å²) < 4.78 is 6.12. The fraction of sp³-hybridized carbons (Fsp3) is 0.250. The highest BCUT2D eigenvalue weighted by atomic mass is 32.2. The third kappa shape index (κ3) is 2.69. The zero-order valence-corrected chi connectivity index (χ0v) is 11.9. The van der Waals surface area contributed by atoms with Gasteiger partial charge in [-0.05, 0) is 36.9 Å². The fourth-order valence-corrected chi connectivity index (χ4v) is 2.57. The van der Waals surface area contributed by atoms with Gasteiger partial charge in [0.25, 0.3) is 0 Å². The van der Waals surface area contributed by atoms with Gasteiger partial charge in [0.05, 0.1) is 12.7 Å². The van der Waals surface area contributed by atoms with E-state index in [-0.39, 0.29) is 5.69 Å². The highest BCUT2D eigenvalue weighted by Crippen LogP contribution is 2.30. The van der Waals surface area contributed by atoms with Crippen LogP contribution in [-0.2, 0) is 11.3 Å². The lowest BCUT2D eigenvalue weighted by Crippen LogP contribution is -2.16. The Morgan fingerprint density at radius 2 is 2.30 bits per heavy atom. The first-order valence-electron chi connectivity index (χ1n) is 5.87. The summed E-state index contributed by atoms with van der Waals surface area (Å²) in [5.74, 6) is -0.446. The molecule has 20 heavy (non-hydrogen) atoms. The number of nitrogens with zero attached hydrogens (tertiary/aromatic N) is 2. The summed E-state index contributed by atoms with van der Waals surface area (Å²) >= 11 is 1.26. The molecule has 0 aliphatic heterocycles. The van der Waals surface area contributed by atoms with Gasteiger partial charge in [-0.1, -0.05) is 0 Å². The molecule has 1 aromatic carbocycles. The first kappa shape index (κ1) is 14.2. The molecule has 8 heteroatoms. The number of aromatic amines is 1. The summed E-state index contributed by atoms with van der Waals surface area (Å²) in [6, 6.07) is 4.85. The number of nitrogens with two attached hydrogens (primary N) is 1. The van der Waals surface area contributed by atoms with E-state index in [1.54, 1.807) is 12.1 Å². The van der Waals surface area contributed by atoms with Gasteiger partial charge in [-0.15, -0.1) is 5.10 Å². The summed E-state index contributed by atoms with van der Waals surface area (Å²) in [7, 11) is 1.31. The average molecular weight is 294 g/mol. The van der Waals surface area contributed by atoms with E-state index < -0.39 is 5.97 Å². The number of anilines is 1. The van der Waals surface area contributed by atoms with Crippen LogP contribution in [-0.4, -0.2) is 27.8 Å². The van der Waals surface area contributed by atoms with Crippen LogP contribution >= 0.6 is 11.8 Å². The maximum atomic E-state index is 11.5. The SMILES string of the molecule is CCn1c(Sc2ccc(C(=O)OC)cc2N)n[nH]c1=O. The summed E-state index contributed by atoms with van der Waals surface area (Å²) in [6.07, 6.45) is 0. The molecule has 2 rings (SSSR count). The Bertz CT molecular complexity index is 692. The molecule has 0 bridgehead atoms. The van der Waals surface area contributed by atoms with E-state index in [4.69, 9.17) is 5.73 Å². The number of hydrogen-bond donors (Lipinski definition) is 2. The number of esters is 1. The normalized spacial score (nSPS) is 10.5. The van der Waals surface area contributed by atoms with Crippen LogP contribution in [0.5, 0.6) is 0 Å². The largest absolute Gasteiger partial charge is 0.465 e. The molecule has 0 fully saturated rings. The number of benzene rings is 1. The number of carbonyl (C=O) groups excluding carboxylic acids is 1. The second-order valence-electron chi connectivity index (χ2n) is 3.90. The van der Waals surface area contributed by atoms with Crippen molar-refractivity contribution in [1.29, 1.82) is 0 Å². The summed E-state index contributed by atoms with van der Waals surface area (Å²) in [4.78, 5) is 23.6. The molecule has 0 amide bonds. The minimum atomic E-state index is -0.446. The highest BCUT2D eigenvalue weighted by molar-refractivity contribution is 7.99. The first-order valence-corrected chi connectivity index (χ1v) is 6.69. The van der Waals surface area contributed by atoms with Gasteiger partial charge in [0.2, 0.25) is 0 Å². The maximum absolute atomic E-state index is 11.5. The van der Waals surface area contributed by atoms with E-state index in [1.165, 1.54) is 29.5 Å². The van der Waals surface area contributed by atoms with Crippen LogP contribution in [0.3, 0.4) is 0 Å². The molecule has 0 aliphatic rings. The lowest BCUT2D eigenvalue weighted by molar-refractivity contribution is 0.0600. The summed E-state index contributed by atoms with van der Waals surface area (Å²) in [6.45, 7) is 2.36. The Morgan fingerprint density at radius 3 is 2.90 bits per heavy atom. The highest BCUT2D eigenvalue weighted by Gasteiger charge is 2.12. The van der Waals surface area contributed by atoms with Crippen LogP contribution in [0.2, 0.25) is 0 Å². The molecule has 0 radical (unpaired) electrons. The lowest BCUT2D eigenvalue weighted by Gasteiger charge is -2.07. The van der Waals surface area contributed by atoms with Crippen LogP contribution < -0.4 is 11.4 Å². The molecule has 7 nitrogen and oxygen atoms in total. The van der Waals surface area contributed by atoms with E-state index in [0.29, 0.717) is 27.8 Å². The fourth-order valence-electron chi connectivity index (χ4n) is 1.64. The van der Waals surface area contributed by atoms with Gasteiger partial charge in [-0.3, -0.25) is 4.57 Å². The lowest BCUT2D eigenvalue weighted by atomic mass is 10.2. The number of aromatic nitrogens is 3. The number of nitrogen functional groups attached to an aromatic ring is 1. The number of hydrogen-bond acceptors (Lipinski definition) is 6. The van der Waals surface area contributed by atoms with Crippen molar-refractivity contribution in [2.24, 2.45) is 0 Å². The van der Waals surface area contributed by atoms with Crippen LogP contribution in [0.15, 0.2) is 33.0 Å². The number of ether oxygens (including phenoxy) is 1. The quantitative estimate of drug-likeness (QED) is 0.647. The van der Waals surface area contributed by atoms with Crippen molar-refractivity contribution in [3.63, 3.8) is 0 Å². The topological polar surface area (TPSA) is 103 Å². The van der Waals surface area contributed by atoms with Crippen molar-refractivity contribution in [1.82, 2.24) is 14.8 Å². The molecule has 3 N–H and O–H groups in total. The molecule has 0 aliphatic carbocycles. The minimum Gasteiger partial charge on any atom is -0.465 e. The predicted molar refractivity (Wildman–Crippen MR) is 74.8 cm³/mol. The smallest absolute Gasteiger partial charge is 0.343 e. The van der Waals surface area contributed by atoms with E-state index in [0.717, 1.165) is 0 Å². The Kier molecular flexibility index (Phi) is 4.14. The van der Waals surface area contributed by atoms with Gasteiger partial charge in [0.15, 0.2) is 5.16 Å². The molecule has 0 atom stereocenters. The van der Waals surface area contributed by atoms with Gasteiger partial charge in [-0.25, -0.2) is 14.7 Å². The molecular formula is C12H14N4O3S. The molecule has 1 heterocycles. The third-order valence-corrected chi connectivity index (χ3v) is 3.76. The Hall–Kier alpha value is -2.22. The van der Waals surface area contributed by atoms with Gasteiger partial charge in [0.1, 0.15) is 0 Å². The van der Waals surface area contributed by atoms with Crippen LogP contribution in [0.25, 0.3) is 0 Å². The first-order chi connectivity index (χ1) is 9.56. The van der Waals surface area contributed by atoms with Gasteiger partial charge < -0.3 is 10.5 Å². The number of H-pyrrole nitrogens is 1. The minimum absolute atomic E-state index is 0.264. The Labute approximate surface area is 119 Å². The Balaban J connectivity index is 2.30. The van der Waals surface area contributed by atoms with Gasteiger partial charge in [-0.2, -0.15) is 0 Å². The zero-order chi connectivity index (χ0) is 14.7. The zero-order valence-electron chi connectivity index (χ0n) is 11.0. The van der Waals surface area contributed by atoms with E-state index in [1.807, 2.05) is 6.92 Å². The molecule has 1 aromatic heterocycles. The maximum Gasteiger partial charge on any atom is 0.343 e. The number of methoxy groups -OCH3 is 1. The Morgan fingerprint density at radius 1 is 1.55 bits per heavy atom. The van der Waals surface area contributed by atoms with Crippen LogP contribution in [0, 0.1) is 0 Å². The second-order valence-corrected chi connectivity index (χ2v) is 4.91. The van der Waals surface area contributed by atoms with Crippen molar-refractivity contribution < 1.29 is 9.53 Å². The third-order valence-electron chi connectivity index (χ3n) is 2.67. The number of rotatable bonds is 4. The van der Waals surface area contributed by atoms with Crippen LogP contribution in [0.4, 0.5) is 5.69 Å². The van der Waals surface area contributed by atoms with E-state index >= 15 is 0 Å². The monoisotopic (exact) mass is 294 g/mol. The number of carbonyl (C=O) groups is 1. The molecule has 106 valence electrons. The second kappa shape index (κ2) is 5.83. The molecule has 2 aromatic rings. The predicted octanol–water partition coefficient (Wildman–Crippen LogP) is 1.11. The van der Waals surface area contributed by atoms with E-state index in [9.17, 15) is 9.59 Å².